The van der Waals surface area contributed by atoms with Gasteiger partial charge in [0.2, 0.25) is 0 Å². The minimum atomic E-state index is -4.54. The van der Waals surface area contributed by atoms with Crippen LogP contribution in [0.5, 0.6) is 11.5 Å². The summed E-state index contributed by atoms with van der Waals surface area (Å²) < 4.78 is 182. The lowest BCUT2D eigenvalue weighted by atomic mass is 9.80. The van der Waals surface area contributed by atoms with E-state index in [0.717, 1.165) is 59.2 Å². The predicted octanol–water partition coefficient (Wildman–Crippen LogP) is 9.80. The lowest BCUT2D eigenvalue weighted by Crippen LogP contribution is -2.29. The Balaban J connectivity index is 0.000000222. The molecule has 32 heteroatoms. The number of ether oxygens (including phenoxy) is 2. The van der Waals surface area contributed by atoms with Gasteiger partial charge >= 0.3 is 19.5 Å². The molecule has 10 aromatic rings. The van der Waals surface area contributed by atoms with Crippen LogP contribution in [-0.4, -0.2) is 67.7 Å². The summed E-state index contributed by atoms with van der Waals surface area (Å²) in [6.07, 6.45) is -6.49. The van der Waals surface area contributed by atoms with Crippen LogP contribution >= 0.6 is 35.7 Å². The number of nitrogens with zero attached hydrogens (tertiary/aromatic N) is 4. The Morgan fingerprint density at radius 2 is 0.976 bits per heavy atom. The molecule has 0 aliphatic rings. The SMILES string of the molecule is COc1cc(-c2ccc(C(F)(F)F)cc2)c(F)cc1-n1c(=O)ccc2cc(S(=O)(=O)Nc3ccon3)ccc21.COc1cc(Br)c(F)cc1-n1c(=O)ccc2cc(S(=O)(=O)Nc3ccon3)ccc21.OB(O)c1ccc(C(F)(F)F)cc1.P.P. The average Bonchev–Trinajstić information content (AvgIpc) is 1.89. The van der Waals surface area contributed by atoms with Crippen LogP contribution in [-0.2, 0) is 32.4 Å². The van der Waals surface area contributed by atoms with E-state index in [0.29, 0.717) is 16.3 Å². The number of halogens is 9. The fourth-order valence-corrected chi connectivity index (χ4v) is 10.2. The first-order valence-corrected chi connectivity index (χ1v) is 26.8. The van der Waals surface area contributed by atoms with Crippen molar-refractivity contribution < 1.29 is 80.5 Å². The molecular weight excluding hydrogens is 1270 g/mol. The van der Waals surface area contributed by atoms with Crippen molar-refractivity contribution >= 4 is 102 Å². The van der Waals surface area contributed by atoms with Crippen LogP contribution in [0.2, 0.25) is 0 Å². The lowest BCUT2D eigenvalue weighted by molar-refractivity contribution is -0.138. The number of benzene rings is 6. The van der Waals surface area contributed by atoms with Crippen molar-refractivity contribution in [2.75, 3.05) is 23.7 Å². The van der Waals surface area contributed by atoms with Gasteiger partial charge in [-0.3, -0.25) is 28.2 Å². The molecule has 0 aliphatic carbocycles. The molecule has 4 N–H and O–H groups in total. The first-order chi connectivity index (χ1) is 38.7. The fourth-order valence-electron chi connectivity index (χ4n) is 7.84. The van der Waals surface area contributed by atoms with Gasteiger partial charge in [-0.2, -0.15) is 46.1 Å². The van der Waals surface area contributed by atoms with Crippen LogP contribution in [0.25, 0.3) is 44.3 Å². The highest BCUT2D eigenvalue weighted by Crippen LogP contribution is 2.37. The average molecular weight is 1310 g/mol. The summed E-state index contributed by atoms with van der Waals surface area (Å²) in [7, 11) is -7.02. The highest BCUT2D eigenvalue weighted by Gasteiger charge is 2.32. The van der Waals surface area contributed by atoms with Gasteiger partial charge < -0.3 is 28.6 Å². The molecule has 10 rings (SSSR count). The molecule has 6 aromatic carbocycles. The van der Waals surface area contributed by atoms with E-state index in [1.54, 1.807) is 0 Å². The number of pyridine rings is 2. The van der Waals surface area contributed by atoms with Crippen LogP contribution in [0.4, 0.5) is 46.8 Å². The number of hydrogen-bond donors (Lipinski definition) is 4. The Bertz CT molecular complexity index is 4340. The van der Waals surface area contributed by atoms with Crippen molar-refractivity contribution in [1.29, 1.82) is 0 Å². The van der Waals surface area contributed by atoms with E-state index in [1.165, 1.54) is 122 Å². The van der Waals surface area contributed by atoms with Gasteiger partial charge in [-0.05, 0) is 99.8 Å². The Morgan fingerprint density at radius 3 is 1.37 bits per heavy atom. The number of fused-ring (bicyclic) bond motifs is 2. The zero-order valence-corrected chi connectivity index (χ0v) is 49.0. The summed E-state index contributed by atoms with van der Waals surface area (Å²) >= 11 is 3.09. The number of rotatable bonds is 12. The monoisotopic (exact) mass is 1310 g/mol. The van der Waals surface area contributed by atoms with Gasteiger partial charge in [0.25, 0.3) is 31.2 Å². The molecule has 2 atom stereocenters. The lowest BCUT2D eigenvalue weighted by Gasteiger charge is -2.17. The number of nitrogens with one attached hydrogen (secondary N) is 2. The van der Waals surface area contributed by atoms with Crippen LogP contribution in [0.3, 0.4) is 0 Å². The molecule has 2 unspecified atom stereocenters. The van der Waals surface area contributed by atoms with Gasteiger partial charge in [-0.15, -0.1) is 0 Å². The predicted molar refractivity (Wildman–Crippen MR) is 308 cm³/mol. The van der Waals surface area contributed by atoms with Gasteiger partial charge in [0.1, 0.15) is 35.7 Å². The number of sulfonamides is 2. The molecule has 0 spiro atoms. The van der Waals surface area contributed by atoms with E-state index in [4.69, 9.17) is 19.5 Å². The number of anilines is 2. The summed E-state index contributed by atoms with van der Waals surface area (Å²) in [4.78, 5) is 25.4. The Morgan fingerprint density at radius 1 is 0.560 bits per heavy atom. The summed E-state index contributed by atoms with van der Waals surface area (Å²) in [6, 6.07) is 28.7. The standard InChI is InChI=1S/C26H17F4N3O5S.C19H13BrFN3O5S.C7H6BF3O2.2H3P/c1-37-23-13-19(15-2-5-17(6-3-15)26(28,29)30)20(27)14-22(23)33-21-8-7-18(12-16(21)4-9-25(33)34)39(35,36)32-24-10-11-38-31-24;1-28-17-9-13(20)14(21)10-16(17)24-15-4-3-12(8-11(15)2-5-19(24)25)30(26,27)23-18-6-7-29-22-18;9-7(10,11)5-1-3-6(4-2-5)8(12)13;;/h2-14H,1H3,(H,31,32);2-10H,1H3,(H,22,23);1-4,12-13H;2*1H3. The molecule has 0 aliphatic heterocycles. The summed E-state index contributed by atoms with van der Waals surface area (Å²) in [5, 5.41) is 25.0. The minimum absolute atomic E-state index is 0. The van der Waals surface area contributed by atoms with Gasteiger partial charge in [0.05, 0.1) is 62.0 Å². The number of aromatic nitrogens is 4. The molecule has 18 nitrogen and oxygen atoms in total. The first kappa shape index (κ1) is 65.2. The zero-order valence-electron chi connectivity index (χ0n) is 43.0. The molecule has 0 radical (unpaired) electrons. The summed E-state index contributed by atoms with van der Waals surface area (Å²) in [6.45, 7) is 0. The smallest absolute Gasteiger partial charge is 0.488 e. The van der Waals surface area contributed by atoms with Gasteiger partial charge in [-0.1, -0.05) is 46.7 Å². The second-order valence-corrected chi connectivity index (χ2v) is 21.2. The molecule has 0 fully saturated rings. The van der Waals surface area contributed by atoms with Crippen molar-refractivity contribution in [2.24, 2.45) is 0 Å². The molecule has 0 saturated heterocycles. The van der Waals surface area contributed by atoms with Crippen molar-refractivity contribution in [3.63, 3.8) is 0 Å². The molecule has 0 amide bonds. The summed E-state index contributed by atoms with van der Waals surface area (Å²) in [5.74, 6) is -1.05. The normalized spacial score (nSPS) is 11.5. The number of alkyl halides is 6. The van der Waals surface area contributed by atoms with Crippen LogP contribution < -0.4 is 35.5 Å². The van der Waals surface area contributed by atoms with Crippen molar-refractivity contribution in [3.8, 4) is 34.0 Å². The van der Waals surface area contributed by atoms with Gasteiger partial charge in [0.15, 0.2) is 11.6 Å². The minimum Gasteiger partial charge on any atom is -0.495 e. The van der Waals surface area contributed by atoms with Crippen LogP contribution in [0.15, 0.2) is 191 Å². The van der Waals surface area contributed by atoms with Gasteiger partial charge in [-0.25, -0.2) is 25.6 Å². The molecule has 440 valence electrons. The van der Waals surface area contributed by atoms with E-state index < -0.39 is 73.4 Å². The van der Waals surface area contributed by atoms with Crippen molar-refractivity contribution in [3.05, 3.63) is 206 Å². The highest BCUT2D eigenvalue weighted by molar-refractivity contribution is 9.10. The Labute approximate surface area is 485 Å². The second kappa shape index (κ2) is 26.3. The Kier molecular flexibility index (Phi) is 20.4. The maximum absolute atomic E-state index is 15.3. The Hall–Kier alpha value is -7.98. The van der Waals surface area contributed by atoms with Crippen LogP contribution in [0.1, 0.15) is 11.1 Å². The fraction of sp³-hybridized carbons (Fsp3) is 0.0769. The third kappa shape index (κ3) is 14.7. The molecular formula is C52H42BBrF8N6O12P2S2. The molecule has 84 heavy (non-hydrogen) atoms. The third-order valence-electron chi connectivity index (χ3n) is 11.7. The maximum atomic E-state index is 15.3. The van der Waals surface area contributed by atoms with E-state index in [2.05, 4.69) is 44.7 Å². The van der Waals surface area contributed by atoms with E-state index >= 15 is 4.39 Å². The largest absolute Gasteiger partial charge is 0.495 e. The molecule has 4 heterocycles. The topological polar surface area (TPSA) is 247 Å². The summed E-state index contributed by atoms with van der Waals surface area (Å²) in [5.41, 5.74) is -1.68. The van der Waals surface area contributed by atoms with E-state index in [-0.39, 0.29) is 90.7 Å². The van der Waals surface area contributed by atoms with Crippen LogP contribution in [0, 0.1) is 11.6 Å². The highest BCUT2D eigenvalue weighted by atomic mass is 79.9. The molecule has 0 saturated carbocycles. The van der Waals surface area contributed by atoms with Crippen molar-refractivity contribution in [1.82, 2.24) is 19.4 Å². The van der Waals surface area contributed by atoms with E-state index in [1.807, 2.05) is 0 Å². The zero-order chi connectivity index (χ0) is 59.5. The maximum Gasteiger partial charge on any atom is 0.488 e. The van der Waals surface area contributed by atoms with Gasteiger partial charge in [0, 0.05) is 52.7 Å². The second-order valence-electron chi connectivity index (χ2n) is 16.9. The first-order valence-electron chi connectivity index (χ1n) is 23.0. The molecule has 0 bridgehead atoms. The van der Waals surface area contributed by atoms with E-state index in [9.17, 15) is 57.2 Å². The van der Waals surface area contributed by atoms with Crippen molar-refractivity contribution in [2.45, 2.75) is 22.1 Å². The number of hydrogen-bond acceptors (Lipinski definition) is 14. The quantitative estimate of drug-likeness (QED) is 0.0505. The number of methoxy groups -OCH3 is 2. The third-order valence-corrected chi connectivity index (χ3v) is 15.0. The molecule has 4 aromatic heterocycles.